The quantitative estimate of drug-likeness (QED) is 0.538. The van der Waals surface area contributed by atoms with Crippen molar-refractivity contribution in [1.29, 1.82) is 0 Å². The van der Waals surface area contributed by atoms with Gasteiger partial charge in [-0.15, -0.1) is 0 Å². The summed E-state index contributed by atoms with van der Waals surface area (Å²) in [6, 6.07) is 10.5. The van der Waals surface area contributed by atoms with E-state index in [0.717, 1.165) is 48.6 Å². The molecule has 198 valence electrons. The molecule has 0 aromatic heterocycles. The van der Waals surface area contributed by atoms with Gasteiger partial charge in [0.15, 0.2) is 0 Å². The minimum absolute atomic E-state index is 0.0154. The van der Waals surface area contributed by atoms with E-state index >= 15 is 0 Å². The summed E-state index contributed by atoms with van der Waals surface area (Å²) in [7, 11) is 0. The fourth-order valence-electron chi connectivity index (χ4n) is 5.32. The Balaban J connectivity index is 1.42. The van der Waals surface area contributed by atoms with Gasteiger partial charge in [0.2, 0.25) is 11.8 Å². The summed E-state index contributed by atoms with van der Waals surface area (Å²) < 4.78 is 0. The van der Waals surface area contributed by atoms with Crippen molar-refractivity contribution in [2.24, 2.45) is 0 Å². The first-order chi connectivity index (χ1) is 17.4. The number of carbonyl (C=O) groups is 3. The van der Waals surface area contributed by atoms with Crippen LogP contribution in [0.3, 0.4) is 0 Å². The van der Waals surface area contributed by atoms with E-state index in [1.807, 2.05) is 39.8 Å². The number of amides is 2. The molecular weight excluding hydrogens is 490 g/mol. The van der Waals surface area contributed by atoms with E-state index in [1.165, 1.54) is 11.6 Å². The Bertz CT molecular complexity index is 1200. The molecule has 2 saturated heterocycles. The predicted molar refractivity (Wildman–Crippen MR) is 145 cm³/mol. The van der Waals surface area contributed by atoms with Crippen LogP contribution in [0.2, 0.25) is 5.02 Å². The van der Waals surface area contributed by atoms with Gasteiger partial charge in [0.05, 0.1) is 5.56 Å². The summed E-state index contributed by atoms with van der Waals surface area (Å²) in [5, 5.41) is 13.2. The maximum absolute atomic E-state index is 13.3. The molecule has 2 amide bonds. The molecule has 2 aromatic rings. The van der Waals surface area contributed by atoms with Gasteiger partial charge in [-0.1, -0.05) is 44.5 Å². The van der Waals surface area contributed by atoms with Crippen LogP contribution >= 0.6 is 11.6 Å². The second-order valence-corrected chi connectivity index (χ2v) is 11.7. The van der Waals surface area contributed by atoms with Crippen LogP contribution < -0.4 is 5.32 Å². The van der Waals surface area contributed by atoms with E-state index in [0.29, 0.717) is 18.5 Å². The normalized spacial score (nSPS) is 19.3. The highest BCUT2D eigenvalue weighted by molar-refractivity contribution is 6.31. The fraction of sp³-hybridized carbons (Fsp3) is 0.483. The number of hydrogen-bond donors (Lipinski definition) is 2. The molecule has 0 bridgehead atoms. The van der Waals surface area contributed by atoms with Crippen molar-refractivity contribution in [3.05, 3.63) is 63.7 Å². The molecular formula is C29H36ClN3O4. The number of aryl methyl sites for hydroxylation is 1. The molecule has 37 heavy (non-hydrogen) atoms. The van der Waals surface area contributed by atoms with Gasteiger partial charge in [0, 0.05) is 42.8 Å². The van der Waals surface area contributed by atoms with Crippen molar-refractivity contribution in [2.45, 2.75) is 77.4 Å². The molecule has 0 saturated carbocycles. The van der Waals surface area contributed by atoms with Crippen molar-refractivity contribution in [3.8, 4) is 0 Å². The molecule has 2 N–H and O–H groups in total. The number of benzene rings is 2. The van der Waals surface area contributed by atoms with Crippen LogP contribution in [-0.2, 0) is 21.5 Å². The Labute approximate surface area is 223 Å². The molecule has 4 rings (SSSR count). The first-order valence-electron chi connectivity index (χ1n) is 12.9. The third kappa shape index (κ3) is 6.33. The number of aromatic carboxylic acids is 1. The maximum Gasteiger partial charge on any atom is 0.335 e. The topological polar surface area (TPSA) is 90.0 Å². The first kappa shape index (κ1) is 27.1. The number of rotatable bonds is 6. The van der Waals surface area contributed by atoms with Crippen LogP contribution in [0, 0.1) is 6.92 Å². The van der Waals surface area contributed by atoms with Crippen LogP contribution in [0.25, 0.3) is 0 Å². The minimum atomic E-state index is -1.04. The molecule has 7 nitrogen and oxygen atoms in total. The fourth-order valence-corrected chi connectivity index (χ4v) is 5.44. The Morgan fingerprint density at radius 3 is 2.41 bits per heavy atom. The lowest BCUT2D eigenvalue weighted by Gasteiger charge is -2.39. The molecule has 2 heterocycles. The van der Waals surface area contributed by atoms with Gasteiger partial charge in [-0.25, -0.2) is 4.79 Å². The average Bonchev–Trinajstić information content (AvgIpc) is 3.22. The smallest absolute Gasteiger partial charge is 0.335 e. The number of likely N-dealkylation sites (tertiary alicyclic amines) is 2. The third-order valence-corrected chi connectivity index (χ3v) is 7.87. The Kier molecular flexibility index (Phi) is 7.95. The molecule has 2 aromatic carbocycles. The van der Waals surface area contributed by atoms with Crippen LogP contribution in [0.4, 0.5) is 5.69 Å². The summed E-state index contributed by atoms with van der Waals surface area (Å²) in [6.07, 6.45) is 2.44. The third-order valence-electron chi connectivity index (χ3n) is 7.45. The zero-order valence-corrected chi connectivity index (χ0v) is 22.8. The van der Waals surface area contributed by atoms with Crippen LogP contribution in [0.5, 0.6) is 0 Å². The highest BCUT2D eigenvalue weighted by atomic mass is 35.5. The highest BCUT2D eigenvalue weighted by Gasteiger charge is 2.41. The van der Waals surface area contributed by atoms with Crippen LogP contribution in [-0.4, -0.2) is 57.9 Å². The lowest BCUT2D eigenvalue weighted by molar-refractivity contribution is -0.136. The SMILES string of the molecule is Cc1cc(CN2CCC(N3C(=O)CC[C@@H]3C(=O)Nc3cc(C(=O)O)cc(C(C)(C)C)c3)CC2)ccc1Cl. The summed E-state index contributed by atoms with van der Waals surface area (Å²) in [4.78, 5) is 42.0. The second kappa shape index (κ2) is 10.8. The van der Waals surface area contributed by atoms with Crippen molar-refractivity contribution >= 4 is 35.1 Å². The van der Waals surface area contributed by atoms with E-state index < -0.39 is 12.0 Å². The molecule has 2 aliphatic rings. The number of carboxylic acid groups (broad SMARTS) is 1. The number of piperidine rings is 1. The van der Waals surface area contributed by atoms with Gasteiger partial charge in [0.25, 0.3) is 0 Å². The molecule has 1 atom stereocenters. The maximum atomic E-state index is 13.3. The zero-order chi connectivity index (χ0) is 26.9. The van der Waals surface area contributed by atoms with E-state index in [2.05, 4.69) is 22.3 Å². The Morgan fingerprint density at radius 1 is 1.08 bits per heavy atom. The zero-order valence-electron chi connectivity index (χ0n) is 22.0. The van der Waals surface area contributed by atoms with Gasteiger partial charge in [-0.05, 0) is 72.6 Å². The van der Waals surface area contributed by atoms with Gasteiger partial charge >= 0.3 is 5.97 Å². The van der Waals surface area contributed by atoms with Gasteiger partial charge in [-0.2, -0.15) is 0 Å². The van der Waals surface area contributed by atoms with E-state index in [1.54, 1.807) is 11.0 Å². The Morgan fingerprint density at radius 2 is 1.78 bits per heavy atom. The number of carbonyl (C=O) groups excluding carboxylic acids is 2. The summed E-state index contributed by atoms with van der Waals surface area (Å²) in [5.74, 6) is -1.28. The van der Waals surface area contributed by atoms with E-state index in [4.69, 9.17) is 11.6 Å². The molecule has 0 aliphatic carbocycles. The predicted octanol–water partition coefficient (Wildman–Crippen LogP) is 5.24. The van der Waals surface area contributed by atoms with E-state index in [-0.39, 0.29) is 28.8 Å². The molecule has 0 spiro atoms. The molecule has 2 aliphatic heterocycles. The highest BCUT2D eigenvalue weighted by Crippen LogP contribution is 2.30. The van der Waals surface area contributed by atoms with Gasteiger partial charge < -0.3 is 15.3 Å². The van der Waals surface area contributed by atoms with Crippen molar-refractivity contribution in [1.82, 2.24) is 9.80 Å². The number of nitrogens with zero attached hydrogens (tertiary/aromatic N) is 2. The summed E-state index contributed by atoms with van der Waals surface area (Å²) in [5.41, 5.74) is 3.40. The summed E-state index contributed by atoms with van der Waals surface area (Å²) in [6.45, 7) is 10.5. The van der Waals surface area contributed by atoms with Gasteiger partial charge in [-0.3, -0.25) is 14.5 Å². The van der Waals surface area contributed by atoms with Crippen molar-refractivity contribution in [3.63, 3.8) is 0 Å². The van der Waals surface area contributed by atoms with Crippen molar-refractivity contribution < 1.29 is 19.5 Å². The average molecular weight is 526 g/mol. The number of nitrogens with one attached hydrogen (secondary N) is 1. The van der Waals surface area contributed by atoms with Gasteiger partial charge in [0.1, 0.15) is 6.04 Å². The number of carboxylic acids is 1. The standard InChI is InChI=1S/C29H36ClN3O4/c1-18-13-19(5-6-24(18)30)17-32-11-9-23(10-12-32)33-25(7-8-26(33)34)27(35)31-22-15-20(28(36)37)14-21(16-22)29(2,3)4/h5-6,13-16,23,25H,7-12,17H2,1-4H3,(H,31,35)(H,36,37)/t25-/m1/s1. The molecule has 0 radical (unpaired) electrons. The largest absolute Gasteiger partial charge is 0.478 e. The lowest BCUT2D eigenvalue weighted by Crippen LogP contribution is -2.51. The number of halogens is 1. The van der Waals surface area contributed by atoms with Crippen LogP contribution in [0.1, 0.15) is 73.5 Å². The number of anilines is 1. The van der Waals surface area contributed by atoms with E-state index in [9.17, 15) is 19.5 Å². The molecule has 8 heteroatoms. The monoisotopic (exact) mass is 525 g/mol. The first-order valence-corrected chi connectivity index (χ1v) is 13.3. The molecule has 0 unspecified atom stereocenters. The number of hydrogen-bond acceptors (Lipinski definition) is 4. The van der Waals surface area contributed by atoms with Crippen molar-refractivity contribution in [2.75, 3.05) is 18.4 Å². The summed E-state index contributed by atoms with van der Waals surface area (Å²) >= 11 is 6.16. The Hall–Kier alpha value is -2.90. The minimum Gasteiger partial charge on any atom is -0.478 e. The lowest BCUT2D eigenvalue weighted by atomic mass is 9.85. The second-order valence-electron chi connectivity index (χ2n) is 11.3. The molecule has 2 fully saturated rings. The van der Waals surface area contributed by atoms with Crippen LogP contribution in [0.15, 0.2) is 36.4 Å².